The molecule has 238 valence electrons. The molecular formula is C31H41N5O6S2. The van der Waals surface area contributed by atoms with Crippen molar-refractivity contribution in [1.29, 1.82) is 0 Å². The zero-order valence-electron chi connectivity index (χ0n) is 26.3. The van der Waals surface area contributed by atoms with Crippen LogP contribution in [-0.2, 0) is 27.7 Å². The van der Waals surface area contributed by atoms with Gasteiger partial charge in [-0.15, -0.1) is 11.3 Å². The topological polar surface area (TPSA) is 131 Å². The first-order chi connectivity index (χ1) is 20.7. The molecule has 3 heterocycles. The van der Waals surface area contributed by atoms with Crippen molar-refractivity contribution in [2.75, 3.05) is 31.6 Å². The van der Waals surface area contributed by atoms with E-state index < -0.39 is 22.0 Å². The Morgan fingerprint density at radius 3 is 2.25 bits per heavy atom. The number of fused-ring (bicyclic) bond motifs is 1. The second kappa shape index (κ2) is 13.6. The van der Waals surface area contributed by atoms with Crippen LogP contribution in [0, 0.1) is 25.7 Å². The fourth-order valence-electron chi connectivity index (χ4n) is 5.22. The molecule has 0 spiro atoms. The van der Waals surface area contributed by atoms with Gasteiger partial charge < -0.3 is 15.0 Å². The molecule has 0 radical (unpaired) electrons. The van der Waals surface area contributed by atoms with Gasteiger partial charge in [0.1, 0.15) is 5.00 Å². The van der Waals surface area contributed by atoms with Crippen molar-refractivity contribution in [2.45, 2.75) is 66.3 Å². The van der Waals surface area contributed by atoms with Gasteiger partial charge in [-0.3, -0.25) is 9.59 Å². The second-order valence-electron chi connectivity index (χ2n) is 11.8. The van der Waals surface area contributed by atoms with Crippen molar-refractivity contribution in [3.8, 4) is 0 Å². The standard InChI is InChI=1S/C31H41N5O6S2/c1-8-42-31(39)34-14-13-25-26(18-34)43-29(27(25)30(38)36-22(7)15-21(6)33-36)32-28(37)23-9-11-24(12-10-23)44(40,41)35(16-19(2)3)17-20(4)5/h9-12,15,19-20H,8,13-14,16-18H2,1-7H3,(H,32,37). The second-order valence-corrected chi connectivity index (χ2v) is 14.9. The maximum absolute atomic E-state index is 13.8. The molecule has 0 saturated heterocycles. The molecular weight excluding hydrogens is 603 g/mol. The van der Waals surface area contributed by atoms with Gasteiger partial charge in [-0.05, 0) is 74.9 Å². The minimum Gasteiger partial charge on any atom is -0.450 e. The van der Waals surface area contributed by atoms with Crippen molar-refractivity contribution >= 4 is 44.3 Å². The van der Waals surface area contributed by atoms with Crippen LogP contribution >= 0.6 is 11.3 Å². The predicted octanol–water partition coefficient (Wildman–Crippen LogP) is 5.32. The number of aryl methyl sites for hydroxylation is 2. The Labute approximate surface area is 263 Å². The molecule has 13 heteroatoms. The number of hydrogen-bond donors (Lipinski definition) is 1. The van der Waals surface area contributed by atoms with E-state index in [9.17, 15) is 22.8 Å². The van der Waals surface area contributed by atoms with Crippen molar-refractivity contribution in [3.05, 3.63) is 63.3 Å². The van der Waals surface area contributed by atoms with Crippen LogP contribution in [0.3, 0.4) is 0 Å². The SMILES string of the molecule is CCOC(=O)N1CCc2c(sc(NC(=O)c3ccc(S(=O)(=O)N(CC(C)C)CC(C)C)cc3)c2C(=O)n2nc(C)cc2C)C1. The number of carbonyl (C=O) groups excluding carboxylic acids is 3. The average Bonchev–Trinajstić information content (AvgIpc) is 3.49. The Hall–Kier alpha value is -3.55. The lowest BCUT2D eigenvalue weighted by molar-refractivity contribution is 0.0941. The van der Waals surface area contributed by atoms with Gasteiger partial charge in [0.15, 0.2) is 0 Å². The third-order valence-corrected chi connectivity index (χ3v) is 10.1. The van der Waals surface area contributed by atoms with E-state index in [0.717, 1.165) is 10.4 Å². The molecule has 0 unspecified atom stereocenters. The van der Waals surface area contributed by atoms with Gasteiger partial charge in [-0.1, -0.05) is 27.7 Å². The summed E-state index contributed by atoms with van der Waals surface area (Å²) in [5.41, 5.74) is 2.70. The first-order valence-electron chi connectivity index (χ1n) is 14.8. The van der Waals surface area contributed by atoms with E-state index in [1.54, 1.807) is 31.7 Å². The Morgan fingerprint density at radius 1 is 1.07 bits per heavy atom. The monoisotopic (exact) mass is 643 g/mol. The van der Waals surface area contributed by atoms with Crippen molar-refractivity contribution in [2.24, 2.45) is 11.8 Å². The summed E-state index contributed by atoms with van der Waals surface area (Å²) in [6, 6.07) is 7.64. The first-order valence-corrected chi connectivity index (χ1v) is 17.0. The Balaban J connectivity index is 1.64. The summed E-state index contributed by atoms with van der Waals surface area (Å²) in [6.07, 6.45) is -0.0181. The van der Waals surface area contributed by atoms with Crippen LogP contribution in [0.15, 0.2) is 35.2 Å². The van der Waals surface area contributed by atoms with E-state index in [-0.39, 0.29) is 41.4 Å². The number of rotatable bonds is 10. The molecule has 0 aliphatic carbocycles. The normalized spacial score (nSPS) is 13.5. The molecule has 2 aromatic heterocycles. The van der Waals surface area contributed by atoms with Crippen LogP contribution in [0.5, 0.6) is 0 Å². The summed E-state index contributed by atoms with van der Waals surface area (Å²) in [6.45, 7) is 14.9. The molecule has 1 aromatic carbocycles. The van der Waals surface area contributed by atoms with Gasteiger partial charge in [0.25, 0.3) is 11.8 Å². The minimum absolute atomic E-state index is 0.112. The number of anilines is 1. The molecule has 1 aliphatic heterocycles. The maximum atomic E-state index is 13.8. The van der Waals surface area contributed by atoms with Crippen LogP contribution in [0.1, 0.15) is 77.2 Å². The highest BCUT2D eigenvalue weighted by Crippen LogP contribution is 2.38. The zero-order valence-corrected chi connectivity index (χ0v) is 28.0. The Kier molecular flexibility index (Phi) is 10.3. The molecule has 0 saturated carbocycles. The van der Waals surface area contributed by atoms with Crippen LogP contribution in [0.2, 0.25) is 0 Å². The summed E-state index contributed by atoms with van der Waals surface area (Å²) in [7, 11) is -3.76. The first kappa shape index (κ1) is 33.3. The fourth-order valence-corrected chi connectivity index (χ4v) is 8.23. The van der Waals surface area contributed by atoms with Crippen molar-refractivity contribution < 1.29 is 27.5 Å². The summed E-state index contributed by atoms with van der Waals surface area (Å²) < 4.78 is 34.8. The minimum atomic E-state index is -3.76. The van der Waals surface area contributed by atoms with Crippen molar-refractivity contribution in [1.82, 2.24) is 19.0 Å². The highest BCUT2D eigenvalue weighted by Gasteiger charge is 2.32. The number of carbonyl (C=O) groups is 3. The summed E-state index contributed by atoms with van der Waals surface area (Å²) in [5.74, 6) is -0.551. The molecule has 3 aromatic rings. The molecule has 2 amide bonds. The van der Waals surface area contributed by atoms with E-state index in [1.807, 2.05) is 27.7 Å². The number of nitrogens with one attached hydrogen (secondary N) is 1. The smallest absolute Gasteiger partial charge is 0.410 e. The molecule has 0 atom stereocenters. The van der Waals surface area contributed by atoms with Gasteiger partial charge in [0.05, 0.1) is 29.3 Å². The molecule has 11 nitrogen and oxygen atoms in total. The molecule has 1 N–H and O–H groups in total. The lowest BCUT2D eigenvalue weighted by Gasteiger charge is -2.26. The Morgan fingerprint density at radius 2 is 1.70 bits per heavy atom. The van der Waals surface area contributed by atoms with Gasteiger partial charge in [-0.2, -0.15) is 9.40 Å². The maximum Gasteiger partial charge on any atom is 0.410 e. The summed E-state index contributed by atoms with van der Waals surface area (Å²) >= 11 is 1.24. The number of amides is 2. The third kappa shape index (κ3) is 7.22. The fraction of sp³-hybridized carbons (Fsp3) is 0.484. The van der Waals surface area contributed by atoms with E-state index in [0.29, 0.717) is 48.0 Å². The number of nitrogens with zero attached hydrogens (tertiary/aromatic N) is 4. The van der Waals surface area contributed by atoms with E-state index in [2.05, 4.69) is 10.4 Å². The van der Waals surface area contributed by atoms with Crippen LogP contribution in [0.4, 0.5) is 9.80 Å². The van der Waals surface area contributed by atoms with Gasteiger partial charge in [0, 0.05) is 35.8 Å². The van der Waals surface area contributed by atoms with Crippen LogP contribution in [-0.4, -0.2) is 71.6 Å². The van der Waals surface area contributed by atoms with Gasteiger partial charge >= 0.3 is 6.09 Å². The lowest BCUT2D eigenvalue weighted by atomic mass is 10.0. The molecule has 0 bridgehead atoms. The number of ether oxygens (including phenoxy) is 1. The molecule has 44 heavy (non-hydrogen) atoms. The Bertz CT molecular complexity index is 1630. The number of benzene rings is 1. The van der Waals surface area contributed by atoms with E-state index >= 15 is 0 Å². The largest absolute Gasteiger partial charge is 0.450 e. The third-order valence-electron chi connectivity index (χ3n) is 7.12. The predicted molar refractivity (Wildman–Crippen MR) is 170 cm³/mol. The average molecular weight is 644 g/mol. The quantitative estimate of drug-likeness (QED) is 0.316. The van der Waals surface area contributed by atoms with Crippen LogP contribution in [0.25, 0.3) is 0 Å². The molecule has 1 aliphatic rings. The van der Waals surface area contributed by atoms with Crippen LogP contribution < -0.4 is 5.32 Å². The highest BCUT2D eigenvalue weighted by atomic mass is 32.2. The summed E-state index contributed by atoms with van der Waals surface area (Å²) in [5, 5.41) is 7.59. The highest BCUT2D eigenvalue weighted by molar-refractivity contribution is 7.89. The van der Waals surface area contributed by atoms with E-state index in [4.69, 9.17) is 4.74 Å². The van der Waals surface area contributed by atoms with Crippen molar-refractivity contribution in [3.63, 3.8) is 0 Å². The molecule has 4 rings (SSSR count). The number of aromatic nitrogens is 2. The number of sulfonamides is 1. The number of thiophene rings is 1. The van der Waals surface area contributed by atoms with Gasteiger partial charge in [0.2, 0.25) is 10.0 Å². The molecule has 0 fully saturated rings. The van der Waals surface area contributed by atoms with E-state index in [1.165, 1.54) is 44.6 Å². The van der Waals surface area contributed by atoms with Gasteiger partial charge in [-0.25, -0.2) is 17.9 Å². The zero-order chi connectivity index (χ0) is 32.3. The lowest BCUT2D eigenvalue weighted by Crippen LogP contribution is -2.37. The number of hydrogen-bond acceptors (Lipinski definition) is 8. The summed E-state index contributed by atoms with van der Waals surface area (Å²) in [4.78, 5) is 42.2.